The smallest absolute Gasteiger partial charge is 0.420 e. The van der Waals surface area contributed by atoms with Gasteiger partial charge in [0.25, 0.3) is 0 Å². The number of amides is 2. The molecule has 0 aliphatic rings. The van der Waals surface area contributed by atoms with Gasteiger partial charge in [0.05, 0.1) is 60.3 Å². The molecule has 18 nitrogen and oxygen atoms in total. The van der Waals surface area contributed by atoms with Crippen molar-refractivity contribution in [1.82, 2.24) is 0 Å². The molecule has 0 saturated carbocycles. The maximum atomic E-state index is 14.3. The third-order valence-corrected chi connectivity index (χ3v) is 11.9. The van der Waals surface area contributed by atoms with Crippen LogP contribution in [0.2, 0.25) is 0 Å². The number of carbonyl (C=O) groups is 6. The predicted molar refractivity (Wildman–Crippen MR) is 293 cm³/mol. The lowest BCUT2D eigenvalue weighted by Crippen LogP contribution is -2.15. The van der Waals surface area contributed by atoms with E-state index in [1.54, 1.807) is 0 Å². The van der Waals surface area contributed by atoms with Gasteiger partial charge in [0, 0.05) is 23.3 Å². The van der Waals surface area contributed by atoms with E-state index in [0.717, 1.165) is 74.2 Å². The molecule has 0 atom stereocenters. The number of rotatable bonds is 29. The summed E-state index contributed by atoms with van der Waals surface area (Å²) < 4.78 is 117. The predicted octanol–water partition coefficient (Wildman–Crippen LogP) is 14.2. The van der Waals surface area contributed by atoms with Gasteiger partial charge < -0.3 is 39.9 Å². The molecular formula is C60H54F6N6O12. The van der Waals surface area contributed by atoms with Crippen LogP contribution in [0, 0.1) is 0 Å². The molecule has 6 aromatic carbocycles. The molecule has 0 spiro atoms. The van der Waals surface area contributed by atoms with Crippen molar-refractivity contribution in [3.8, 4) is 34.1 Å². The van der Waals surface area contributed by atoms with Gasteiger partial charge in [0.2, 0.25) is 11.8 Å². The Morgan fingerprint density at radius 2 is 0.750 bits per heavy atom. The Kier molecular flexibility index (Phi) is 22.7. The molecular weight excluding hydrogens is 1110 g/mol. The first-order chi connectivity index (χ1) is 40.1. The van der Waals surface area contributed by atoms with Gasteiger partial charge in [-0.15, -0.1) is 0 Å². The van der Waals surface area contributed by atoms with E-state index in [0.29, 0.717) is 62.5 Å². The van der Waals surface area contributed by atoms with Crippen molar-refractivity contribution in [2.24, 2.45) is 31.9 Å². The number of hydrogen-bond acceptors (Lipinski definition) is 16. The highest BCUT2D eigenvalue weighted by Gasteiger charge is 2.37. The molecule has 0 radical (unpaired) electrons. The van der Waals surface area contributed by atoms with Gasteiger partial charge in [0.1, 0.15) is 34.1 Å². The first kappa shape index (κ1) is 63.2. The van der Waals surface area contributed by atoms with Crippen molar-refractivity contribution in [3.63, 3.8) is 0 Å². The molecule has 0 bridgehead atoms. The van der Waals surface area contributed by atoms with E-state index < -0.39 is 70.7 Å². The standard InChI is InChI=1S/C60H54F6N6O12/c1-3-53(73)81-31-11-7-5-9-29-79-43-21-13-37(14-22-43)57(77)83-51-27-19-41(35-49(51)59(61,62)63)71-69-39-17-25-45(47(33-39)55(67)75)46-26-18-40(34-48(46)56(68)76)70-72-42-20-28-52(50(36-42)60(64,65)66)84-58(78)38-15-23-44(24-16-38)80-30-10-6-8-12-32-82-54(74)4-2/h3-4,13-28,33-36H,1-2,5-12,29-32H2,(H2,67,75)(H2,68,76). The first-order valence-corrected chi connectivity index (χ1v) is 25.8. The molecule has 0 aromatic heterocycles. The number of azo groups is 2. The van der Waals surface area contributed by atoms with Crippen LogP contribution in [-0.4, -0.2) is 62.1 Å². The monoisotopic (exact) mass is 1160 g/mol. The summed E-state index contributed by atoms with van der Waals surface area (Å²) in [5.41, 5.74) is 7.45. The molecule has 0 aliphatic carbocycles. The number of esters is 4. The number of carbonyl (C=O) groups excluding carboxylic acids is 6. The van der Waals surface area contributed by atoms with Gasteiger partial charge in [-0.1, -0.05) is 25.3 Å². The van der Waals surface area contributed by atoms with Crippen molar-refractivity contribution in [3.05, 3.63) is 180 Å². The van der Waals surface area contributed by atoms with Crippen LogP contribution in [0.5, 0.6) is 23.0 Å². The van der Waals surface area contributed by atoms with Gasteiger partial charge in [-0.25, -0.2) is 19.2 Å². The van der Waals surface area contributed by atoms with Crippen LogP contribution in [0.3, 0.4) is 0 Å². The molecule has 0 heterocycles. The molecule has 438 valence electrons. The number of nitrogens with zero attached hydrogens (tertiary/aromatic N) is 4. The number of ether oxygens (including phenoxy) is 6. The van der Waals surface area contributed by atoms with Crippen molar-refractivity contribution < 1.29 is 83.5 Å². The van der Waals surface area contributed by atoms with Crippen LogP contribution in [0.25, 0.3) is 11.1 Å². The zero-order valence-corrected chi connectivity index (χ0v) is 44.7. The molecule has 0 aliphatic heterocycles. The van der Waals surface area contributed by atoms with E-state index in [9.17, 15) is 55.1 Å². The summed E-state index contributed by atoms with van der Waals surface area (Å²) in [4.78, 5) is 73.7. The first-order valence-electron chi connectivity index (χ1n) is 25.8. The lowest BCUT2D eigenvalue weighted by molar-refractivity contribution is -0.139. The molecule has 84 heavy (non-hydrogen) atoms. The lowest BCUT2D eigenvalue weighted by Gasteiger charge is -2.14. The molecule has 24 heteroatoms. The topological polar surface area (TPSA) is 259 Å². The van der Waals surface area contributed by atoms with Gasteiger partial charge in [0.15, 0.2) is 0 Å². The average Bonchev–Trinajstić information content (AvgIpc) is 3.52. The summed E-state index contributed by atoms with van der Waals surface area (Å²) in [7, 11) is 0. The fourth-order valence-electron chi connectivity index (χ4n) is 7.73. The van der Waals surface area contributed by atoms with Gasteiger partial charge in [-0.05, 0) is 172 Å². The van der Waals surface area contributed by atoms with E-state index in [1.165, 1.54) is 72.8 Å². The van der Waals surface area contributed by atoms with Gasteiger partial charge >= 0.3 is 36.2 Å². The number of primary amides is 2. The number of hydrogen-bond donors (Lipinski definition) is 2. The van der Waals surface area contributed by atoms with Crippen molar-refractivity contribution >= 4 is 58.4 Å². The van der Waals surface area contributed by atoms with E-state index in [2.05, 4.69) is 33.6 Å². The Bertz CT molecular complexity index is 3200. The van der Waals surface area contributed by atoms with E-state index in [4.69, 9.17) is 39.9 Å². The molecule has 6 aromatic rings. The summed E-state index contributed by atoms with van der Waals surface area (Å²) in [5, 5.41) is 15.7. The Morgan fingerprint density at radius 3 is 1.07 bits per heavy atom. The Balaban J connectivity index is 1.08. The Hall–Kier alpha value is -10.0. The summed E-state index contributed by atoms with van der Waals surface area (Å²) in [5.74, 6) is -6.00. The minimum atomic E-state index is -5.02. The highest BCUT2D eigenvalue weighted by Crippen LogP contribution is 2.41. The lowest BCUT2D eigenvalue weighted by atomic mass is 9.94. The fourth-order valence-corrected chi connectivity index (χ4v) is 7.73. The highest BCUT2D eigenvalue weighted by atomic mass is 19.4. The highest BCUT2D eigenvalue weighted by molar-refractivity contribution is 6.06. The number of halogens is 6. The minimum Gasteiger partial charge on any atom is -0.494 e. The Labute approximate surface area is 476 Å². The zero-order valence-electron chi connectivity index (χ0n) is 44.7. The van der Waals surface area contributed by atoms with Crippen LogP contribution in [0.15, 0.2) is 167 Å². The van der Waals surface area contributed by atoms with Crippen LogP contribution < -0.4 is 30.4 Å². The van der Waals surface area contributed by atoms with Crippen molar-refractivity contribution in [2.75, 3.05) is 26.4 Å². The second-order valence-electron chi connectivity index (χ2n) is 18.0. The second kappa shape index (κ2) is 30.2. The summed E-state index contributed by atoms with van der Waals surface area (Å²) in [6.45, 7) is 7.93. The van der Waals surface area contributed by atoms with Crippen LogP contribution in [-0.2, 0) is 31.4 Å². The van der Waals surface area contributed by atoms with Gasteiger partial charge in [-0.3, -0.25) is 9.59 Å². The minimum absolute atomic E-state index is 0.0509. The van der Waals surface area contributed by atoms with Crippen LogP contribution in [0.1, 0.15) is 104 Å². The summed E-state index contributed by atoms with van der Waals surface area (Å²) in [6, 6.07) is 23.9. The molecule has 2 amide bonds. The number of unbranched alkanes of at least 4 members (excludes halogenated alkanes) is 6. The fraction of sp³-hybridized carbons (Fsp3) is 0.233. The van der Waals surface area contributed by atoms with Crippen molar-refractivity contribution in [1.29, 1.82) is 0 Å². The van der Waals surface area contributed by atoms with E-state index >= 15 is 0 Å². The molecule has 0 fully saturated rings. The largest absolute Gasteiger partial charge is 0.494 e. The number of alkyl halides is 6. The molecule has 0 unspecified atom stereocenters. The van der Waals surface area contributed by atoms with Crippen LogP contribution >= 0.6 is 0 Å². The van der Waals surface area contributed by atoms with E-state index in [1.807, 2.05) is 0 Å². The third-order valence-electron chi connectivity index (χ3n) is 11.9. The summed E-state index contributed by atoms with van der Waals surface area (Å²) >= 11 is 0. The molecule has 6 rings (SSSR count). The van der Waals surface area contributed by atoms with Crippen LogP contribution in [0.4, 0.5) is 49.1 Å². The average molecular weight is 1170 g/mol. The maximum Gasteiger partial charge on any atom is 0.420 e. The van der Waals surface area contributed by atoms with E-state index in [-0.39, 0.29) is 69.3 Å². The number of benzene rings is 6. The van der Waals surface area contributed by atoms with Gasteiger partial charge in [-0.2, -0.15) is 46.8 Å². The third kappa shape index (κ3) is 19.1. The maximum absolute atomic E-state index is 14.3. The molecule has 0 saturated heterocycles. The molecule has 4 N–H and O–H groups in total. The summed E-state index contributed by atoms with van der Waals surface area (Å²) in [6.07, 6.45) is -1.92. The second-order valence-corrected chi connectivity index (χ2v) is 18.0. The Morgan fingerprint density at radius 1 is 0.429 bits per heavy atom. The zero-order chi connectivity index (χ0) is 60.8. The SMILES string of the molecule is C=CC(=O)OCCCCCCOc1ccc(C(=O)Oc2ccc(N=Nc3ccc(-c4ccc(N=Nc5ccc(OC(=O)c6ccc(OCCCCCCOC(=O)C=C)cc6)c(C(F)(F)F)c5)cc4C(N)=O)c(C(N)=O)c3)cc2C(F)(F)F)cc1. The van der Waals surface area contributed by atoms with Crippen molar-refractivity contribution in [2.45, 2.75) is 63.7 Å². The number of nitrogens with two attached hydrogens (primary N) is 2. The normalized spacial score (nSPS) is 11.5. The quantitative estimate of drug-likeness (QED) is 0.0111.